The van der Waals surface area contributed by atoms with Gasteiger partial charge in [0.25, 0.3) is 0 Å². The number of morpholine rings is 2. The van der Waals surface area contributed by atoms with Crippen LogP contribution in [-0.2, 0) is 9.47 Å². The molecule has 0 amide bonds. The van der Waals surface area contributed by atoms with Crippen molar-refractivity contribution in [2.24, 2.45) is 26.9 Å². The molecule has 8 heteroatoms. The molecule has 8 nitrogen and oxygen atoms in total. The first kappa shape index (κ1) is 29.5. The van der Waals surface area contributed by atoms with E-state index in [1.54, 1.807) is 0 Å². The van der Waals surface area contributed by atoms with Crippen molar-refractivity contribution in [3.05, 3.63) is 48.5 Å². The van der Waals surface area contributed by atoms with Crippen molar-refractivity contribution in [3.8, 4) is 0 Å². The molecular weight excluding hydrogens is 476 g/mol. The molecule has 2 saturated heterocycles. The Labute approximate surface area is 228 Å². The van der Waals surface area contributed by atoms with Crippen LogP contribution < -0.4 is 21.3 Å². The van der Waals surface area contributed by atoms with Gasteiger partial charge in [0.1, 0.15) is 5.84 Å². The van der Waals surface area contributed by atoms with Gasteiger partial charge in [-0.25, -0.2) is 9.98 Å². The predicted octanol–water partition coefficient (Wildman–Crippen LogP) is 5.26. The Morgan fingerprint density at radius 2 is 1.21 bits per heavy atom. The summed E-state index contributed by atoms with van der Waals surface area (Å²) in [5.41, 5.74) is 16.2. The molecule has 0 aliphatic carbocycles. The highest BCUT2D eigenvalue weighted by atomic mass is 16.5. The maximum atomic E-state index is 6.09. The molecule has 2 aliphatic rings. The molecule has 38 heavy (non-hydrogen) atoms. The molecule has 0 radical (unpaired) electrons. The lowest BCUT2D eigenvalue weighted by molar-refractivity contribution is 0.122. The molecule has 2 fully saturated rings. The van der Waals surface area contributed by atoms with E-state index in [0.717, 1.165) is 100 Å². The van der Waals surface area contributed by atoms with Crippen LogP contribution in [0, 0.1) is 5.41 Å². The van der Waals surface area contributed by atoms with Gasteiger partial charge in [-0.2, -0.15) is 0 Å². The molecule has 0 atom stereocenters. The van der Waals surface area contributed by atoms with E-state index in [4.69, 9.17) is 20.9 Å². The van der Waals surface area contributed by atoms with Crippen LogP contribution in [0.4, 0.5) is 22.7 Å². The van der Waals surface area contributed by atoms with E-state index in [1.165, 1.54) is 0 Å². The largest absolute Gasteiger partial charge is 0.387 e. The molecule has 2 aliphatic heterocycles. The normalized spacial score (nSPS) is 17.2. The molecular formula is C30H46N6O2. The van der Waals surface area contributed by atoms with E-state index in [9.17, 15) is 0 Å². The summed E-state index contributed by atoms with van der Waals surface area (Å²) in [4.78, 5) is 13.8. The van der Waals surface area contributed by atoms with Crippen molar-refractivity contribution in [1.29, 1.82) is 0 Å². The molecule has 2 aromatic rings. The summed E-state index contributed by atoms with van der Waals surface area (Å²) >= 11 is 0. The Bertz CT molecular complexity index is 1050. The monoisotopic (exact) mass is 522 g/mol. The zero-order chi connectivity index (χ0) is 27.4. The molecule has 0 bridgehead atoms. The van der Waals surface area contributed by atoms with Gasteiger partial charge in [-0.15, -0.1) is 0 Å². The smallest absolute Gasteiger partial charge is 0.105 e. The van der Waals surface area contributed by atoms with Gasteiger partial charge in [0, 0.05) is 38.0 Å². The Morgan fingerprint density at radius 1 is 0.763 bits per heavy atom. The summed E-state index contributed by atoms with van der Waals surface area (Å²) in [6.07, 6.45) is 3.10. The van der Waals surface area contributed by atoms with Crippen molar-refractivity contribution >= 4 is 34.4 Å². The molecule has 0 unspecified atom stereocenters. The number of hydrogen-bond donors (Lipinski definition) is 2. The summed E-state index contributed by atoms with van der Waals surface area (Å²) in [5, 5.41) is 0. The van der Waals surface area contributed by atoms with Crippen LogP contribution in [0.2, 0.25) is 0 Å². The lowest BCUT2D eigenvalue weighted by Crippen LogP contribution is -2.36. The van der Waals surface area contributed by atoms with E-state index in [-0.39, 0.29) is 5.41 Å². The fraction of sp³-hybridized carbons (Fsp3) is 0.533. The van der Waals surface area contributed by atoms with Crippen LogP contribution in [0.5, 0.6) is 0 Å². The number of amidine groups is 2. The maximum Gasteiger partial charge on any atom is 0.105 e. The quantitative estimate of drug-likeness (QED) is 0.380. The third kappa shape index (κ3) is 9.03. The Hall–Kier alpha value is -3.10. The number of rotatable bonds is 7. The molecule has 0 spiro atoms. The summed E-state index contributed by atoms with van der Waals surface area (Å²) in [7, 11) is 0. The van der Waals surface area contributed by atoms with Crippen molar-refractivity contribution in [3.63, 3.8) is 0 Å². The van der Waals surface area contributed by atoms with E-state index in [0.29, 0.717) is 5.84 Å². The number of benzene rings is 2. The van der Waals surface area contributed by atoms with E-state index in [2.05, 4.69) is 59.6 Å². The highest BCUT2D eigenvalue weighted by Gasteiger charge is 2.18. The molecule has 4 rings (SSSR count). The van der Waals surface area contributed by atoms with Gasteiger partial charge >= 0.3 is 0 Å². The van der Waals surface area contributed by atoms with Gasteiger partial charge in [0.05, 0.1) is 55.0 Å². The summed E-state index contributed by atoms with van der Waals surface area (Å²) in [5.74, 6) is 1.38. The van der Waals surface area contributed by atoms with Crippen LogP contribution in [0.25, 0.3) is 0 Å². The average Bonchev–Trinajstić information content (AvgIpc) is 2.93. The molecule has 2 heterocycles. The first-order valence-electron chi connectivity index (χ1n) is 13.8. The van der Waals surface area contributed by atoms with Crippen LogP contribution in [0.1, 0.15) is 47.0 Å². The van der Waals surface area contributed by atoms with Crippen molar-refractivity contribution in [2.45, 2.75) is 47.0 Å². The van der Waals surface area contributed by atoms with E-state index < -0.39 is 0 Å². The van der Waals surface area contributed by atoms with Crippen molar-refractivity contribution < 1.29 is 9.47 Å². The van der Waals surface area contributed by atoms with Gasteiger partial charge in [-0.05, 0) is 30.7 Å². The van der Waals surface area contributed by atoms with Crippen LogP contribution >= 0.6 is 0 Å². The summed E-state index contributed by atoms with van der Waals surface area (Å²) in [6, 6.07) is 16.3. The van der Waals surface area contributed by atoms with Gasteiger partial charge in [-0.3, -0.25) is 0 Å². The highest BCUT2D eigenvalue weighted by molar-refractivity contribution is 5.89. The Morgan fingerprint density at radius 3 is 1.66 bits per heavy atom. The number of para-hydroxylation sites is 4. The van der Waals surface area contributed by atoms with Crippen LogP contribution in [0.15, 0.2) is 58.5 Å². The van der Waals surface area contributed by atoms with Gasteiger partial charge < -0.3 is 30.7 Å². The zero-order valence-electron chi connectivity index (χ0n) is 23.7. The molecule has 208 valence electrons. The van der Waals surface area contributed by atoms with Crippen molar-refractivity contribution in [1.82, 2.24) is 0 Å². The first-order valence-corrected chi connectivity index (χ1v) is 13.8. The SMILES string of the molecule is CC(C)(C)C(N)=Nc1ccccc1N1CCOCC1.CCCCC(N)=Nc1ccccc1N1CCOCC1. The number of ether oxygens (including phenoxy) is 2. The second kappa shape index (κ2) is 14.7. The van der Waals surface area contributed by atoms with Gasteiger partial charge in [-0.1, -0.05) is 58.4 Å². The number of nitrogens with zero attached hydrogens (tertiary/aromatic N) is 4. The predicted molar refractivity (Wildman–Crippen MR) is 160 cm³/mol. The maximum absolute atomic E-state index is 6.09. The summed E-state index contributed by atoms with van der Waals surface area (Å²) in [6.45, 7) is 15.1. The highest BCUT2D eigenvalue weighted by Crippen LogP contribution is 2.31. The number of hydrogen-bond acceptors (Lipinski definition) is 6. The van der Waals surface area contributed by atoms with Gasteiger partial charge in [0.2, 0.25) is 0 Å². The van der Waals surface area contributed by atoms with Gasteiger partial charge in [0.15, 0.2) is 0 Å². The number of aliphatic imine (C=N–C) groups is 2. The fourth-order valence-electron chi connectivity index (χ4n) is 4.13. The lowest BCUT2D eigenvalue weighted by atomic mass is 9.95. The fourth-order valence-corrected chi connectivity index (χ4v) is 4.13. The molecule has 4 N–H and O–H groups in total. The third-order valence-electron chi connectivity index (χ3n) is 6.53. The van der Waals surface area contributed by atoms with E-state index in [1.807, 2.05) is 36.4 Å². The standard InChI is InChI=1S/2C15H23N3O/c1-15(2,3)14(16)17-12-6-4-5-7-13(12)18-8-10-19-11-9-18;1-2-3-8-15(16)17-13-6-4-5-7-14(13)18-9-11-19-12-10-18/h4-7H,8-11H2,1-3H3,(H2,16,17);4-7H,2-3,8-12H2,1H3,(H2,16,17). The van der Waals surface area contributed by atoms with Crippen molar-refractivity contribution in [2.75, 3.05) is 62.4 Å². The van der Waals surface area contributed by atoms with Crippen LogP contribution in [-0.4, -0.2) is 64.3 Å². The first-order chi connectivity index (χ1) is 18.3. The Kier molecular flexibility index (Phi) is 11.4. The summed E-state index contributed by atoms with van der Waals surface area (Å²) < 4.78 is 10.8. The zero-order valence-corrected chi connectivity index (χ0v) is 23.7. The number of anilines is 2. The minimum Gasteiger partial charge on any atom is -0.387 e. The van der Waals surface area contributed by atoms with E-state index >= 15 is 0 Å². The minimum atomic E-state index is -0.113. The lowest BCUT2D eigenvalue weighted by Gasteiger charge is -2.30. The molecule has 2 aromatic carbocycles. The molecule has 0 aromatic heterocycles. The molecule has 0 saturated carbocycles. The second-order valence-corrected chi connectivity index (χ2v) is 10.6. The number of unbranched alkanes of at least 4 members (excludes halogenated alkanes) is 1. The van der Waals surface area contributed by atoms with Crippen LogP contribution in [0.3, 0.4) is 0 Å². The second-order valence-electron chi connectivity index (χ2n) is 10.6. The topological polar surface area (TPSA) is 102 Å². The third-order valence-corrected chi connectivity index (χ3v) is 6.53. The number of nitrogens with two attached hydrogens (primary N) is 2. The average molecular weight is 523 g/mol. The Balaban J connectivity index is 0.000000211. The minimum absolute atomic E-state index is 0.113.